The molecule has 15 rings (SSSR count). The molecule has 2 N–H and O–H groups in total. The molecule has 9 heterocycles. The third-order valence-corrected chi connectivity index (χ3v) is 25.3. The number of aromatic amines is 1. The van der Waals surface area contributed by atoms with Crippen molar-refractivity contribution in [3.8, 4) is 0 Å². The number of carbonyl (C=O) groups excluding carboxylic acids is 1. The van der Waals surface area contributed by atoms with Gasteiger partial charge < -0.3 is 20.1 Å². The summed E-state index contributed by atoms with van der Waals surface area (Å²) in [6.45, 7) is 9.15. The molecule has 6 aromatic heterocycles. The van der Waals surface area contributed by atoms with E-state index in [1.54, 1.807) is 67.2 Å². The number of halogens is 9. The zero-order chi connectivity index (χ0) is 70.6. The topological polar surface area (TPSA) is 194 Å². The van der Waals surface area contributed by atoms with Crippen molar-refractivity contribution >= 4 is 140 Å². The Hall–Kier alpha value is -5.45. The van der Waals surface area contributed by atoms with Gasteiger partial charge in [-0.1, -0.05) is 202 Å². The summed E-state index contributed by atoms with van der Waals surface area (Å²) in [5, 5.41) is 18.7. The van der Waals surface area contributed by atoms with Crippen LogP contribution in [0.1, 0.15) is 157 Å². The number of fused-ring (bicyclic) bond motifs is 3. The van der Waals surface area contributed by atoms with E-state index >= 15 is 0 Å². The van der Waals surface area contributed by atoms with Gasteiger partial charge in [-0.25, -0.2) is 29.7 Å². The Labute approximate surface area is 621 Å². The fourth-order valence-electron chi connectivity index (χ4n) is 14.1. The average Bonchev–Trinajstić information content (AvgIpc) is 1.71. The van der Waals surface area contributed by atoms with Gasteiger partial charge in [0.1, 0.15) is 0 Å². The summed E-state index contributed by atoms with van der Waals surface area (Å²) in [5.74, 6) is 1.98. The Morgan fingerprint density at radius 3 is 1.18 bits per heavy atom. The molecule has 3 saturated carbocycles. The van der Waals surface area contributed by atoms with Crippen molar-refractivity contribution in [1.82, 2.24) is 48.4 Å². The van der Waals surface area contributed by atoms with Crippen LogP contribution in [-0.2, 0) is 4.79 Å². The molecule has 99 heavy (non-hydrogen) atoms. The normalized spacial score (nSPS) is 17.6. The maximum atomic E-state index is 11.6. The number of piperidine rings is 3. The molecule has 28 heteroatoms. The van der Waals surface area contributed by atoms with Crippen molar-refractivity contribution in [3.63, 3.8) is 0 Å². The number of aldehydes is 1. The van der Waals surface area contributed by atoms with E-state index in [0.717, 1.165) is 84.2 Å². The number of imidazole rings is 3. The molecular formula is C71H85Cl6F3N14O2S3. The molecule has 3 aromatic carbocycles. The molecule has 0 amide bonds. The lowest BCUT2D eigenvalue weighted by atomic mass is 9.68. The molecule has 0 atom stereocenters. The summed E-state index contributed by atoms with van der Waals surface area (Å²) in [5.41, 5.74) is 4.15. The second-order valence-corrected chi connectivity index (χ2v) is 30.8. The first-order valence-corrected chi connectivity index (χ1v) is 37.9. The zero-order valence-electron chi connectivity index (χ0n) is 55.6. The summed E-state index contributed by atoms with van der Waals surface area (Å²) >= 11 is 41.8. The minimum absolute atomic E-state index is 0. The number of anilines is 2. The van der Waals surface area contributed by atoms with E-state index < -0.39 is 12.5 Å². The molecule has 3 aliphatic carbocycles. The van der Waals surface area contributed by atoms with Gasteiger partial charge in [0.15, 0.2) is 16.9 Å². The fourth-order valence-corrected chi connectivity index (χ4v) is 18.4. The highest BCUT2D eigenvalue weighted by atomic mass is 35.5. The standard InChI is InChI=1S/2C22H24Cl2N4S.C12H7Cl2N3OS.C10H19N.C2HF3O.C2H6.CH4.N2/c2*23-16-5-4-6-17(19(16)24)29-18-15-26-21(28-14-11-25-20(18)28)27-12-9-22(10-13-27)7-2-1-3-8-22;13-7-2-1-3-8(10(7)14)19-9-6-16-12(18)17-5-4-15-11(9)17;1-2-4-10(5-3-1)6-8-11-9-7-10;3-2(4,5)1-6;1-2;;1-2/h2*4-6,11,14-15H,1-3,7-10,12-13H2;1-6H,(H,16,18);11H,1-9H2;1H;1-2H3;1H4;/i;;;;;1D;;. The highest BCUT2D eigenvalue weighted by Crippen LogP contribution is 2.48. The molecule has 6 aliphatic rings. The summed E-state index contributed by atoms with van der Waals surface area (Å²) in [4.78, 5) is 56.2. The van der Waals surface area contributed by atoms with Gasteiger partial charge in [-0.05, 0) is 143 Å². The number of alkyl halides is 3. The van der Waals surface area contributed by atoms with Crippen molar-refractivity contribution in [3.05, 3.63) is 151 Å². The van der Waals surface area contributed by atoms with Crippen molar-refractivity contribution in [2.45, 2.75) is 192 Å². The number of benzene rings is 3. The second-order valence-electron chi connectivity index (χ2n) is 25.2. The van der Waals surface area contributed by atoms with Crippen molar-refractivity contribution < 1.29 is 19.3 Å². The summed E-state index contributed by atoms with van der Waals surface area (Å²) in [6.07, 6.45) is 40.3. The first-order valence-electron chi connectivity index (χ1n) is 33.8. The lowest BCUT2D eigenvalue weighted by molar-refractivity contribution is -0.156. The number of nitrogens with one attached hydrogen (secondary N) is 2. The van der Waals surface area contributed by atoms with Crippen LogP contribution in [0.15, 0.2) is 145 Å². The Morgan fingerprint density at radius 1 is 0.505 bits per heavy atom. The van der Waals surface area contributed by atoms with E-state index in [0.29, 0.717) is 53.5 Å². The number of hydrogen-bond donors (Lipinski definition) is 2. The maximum Gasteiger partial charge on any atom is 0.446 e. The zero-order valence-corrected chi connectivity index (χ0v) is 61.6. The van der Waals surface area contributed by atoms with Gasteiger partial charge in [-0.15, -0.1) is 0 Å². The number of hydrogen-bond acceptors (Lipinski definition) is 15. The van der Waals surface area contributed by atoms with Gasteiger partial charge in [0.05, 0.1) is 44.8 Å². The van der Waals surface area contributed by atoms with Crippen LogP contribution >= 0.6 is 105 Å². The van der Waals surface area contributed by atoms with Crippen LogP contribution < -0.4 is 20.8 Å². The van der Waals surface area contributed by atoms with Crippen LogP contribution in [0.5, 0.6) is 0 Å². The Morgan fingerprint density at radius 2 is 0.828 bits per heavy atom. The van der Waals surface area contributed by atoms with Crippen molar-refractivity contribution in [1.29, 1.82) is 10.8 Å². The van der Waals surface area contributed by atoms with E-state index in [1.807, 2.05) is 73.6 Å². The van der Waals surface area contributed by atoms with Gasteiger partial charge in [-0.2, -0.15) is 13.2 Å². The Kier molecular flexibility index (Phi) is 29.5. The molecule has 0 unspecified atom stereocenters. The summed E-state index contributed by atoms with van der Waals surface area (Å²) in [6, 6.07) is 16.8. The molecule has 0 bridgehead atoms. The number of carbonyl (C=O) groups is 1. The van der Waals surface area contributed by atoms with Gasteiger partial charge in [0, 0.05) is 109 Å². The van der Waals surface area contributed by atoms with Gasteiger partial charge in [0.2, 0.25) is 18.2 Å². The smallest absolute Gasteiger partial charge is 0.342 e. The van der Waals surface area contributed by atoms with Crippen LogP contribution in [0.4, 0.5) is 25.1 Å². The number of H-pyrrole nitrogens is 1. The molecule has 9 aromatic rings. The number of rotatable bonds is 8. The van der Waals surface area contributed by atoms with E-state index in [-0.39, 0.29) is 13.1 Å². The molecule has 6 fully saturated rings. The number of aromatic nitrogens is 9. The molecule has 3 spiro atoms. The lowest BCUT2D eigenvalue weighted by Gasteiger charge is -2.44. The molecular weight excluding hydrogens is 1450 g/mol. The molecule has 16 nitrogen and oxygen atoms in total. The first-order chi connectivity index (χ1) is 47.9. The van der Waals surface area contributed by atoms with Crippen molar-refractivity contribution in [2.75, 3.05) is 49.1 Å². The van der Waals surface area contributed by atoms with Crippen LogP contribution in [0.2, 0.25) is 30.1 Å². The predicted octanol–water partition coefficient (Wildman–Crippen LogP) is 21.7. The fraction of sp³-hybridized carbons (Fsp3) is 0.479. The van der Waals surface area contributed by atoms with Crippen LogP contribution in [-0.4, -0.2) is 94.8 Å². The van der Waals surface area contributed by atoms with Crippen molar-refractivity contribution in [2.24, 2.45) is 16.2 Å². The second kappa shape index (κ2) is 37.6. The van der Waals surface area contributed by atoms with E-state index in [1.165, 1.54) is 164 Å². The van der Waals surface area contributed by atoms with Gasteiger partial charge in [0.25, 0.3) is 0 Å². The molecule has 532 valence electrons. The predicted molar refractivity (Wildman–Crippen MR) is 399 cm³/mol. The third kappa shape index (κ3) is 20.5. The van der Waals surface area contributed by atoms with E-state index in [2.05, 4.69) is 43.9 Å². The quantitative estimate of drug-likeness (QED) is 0.108. The van der Waals surface area contributed by atoms with Gasteiger partial charge in [-0.3, -0.25) is 18.0 Å². The van der Waals surface area contributed by atoms with Crippen LogP contribution in [0.25, 0.3) is 16.9 Å². The largest absolute Gasteiger partial charge is 0.446 e. The van der Waals surface area contributed by atoms with Crippen LogP contribution in [0, 0.1) is 27.0 Å². The Balaban J connectivity index is 0.000000167. The lowest BCUT2D eigenvalue weighted by Crippen LogP contribution is -2.42. The minimum Gasteiger partial charge on any atom is -0.342 e. The highest BCUT2D eigenvalue weighted by Gasteiger charge is 2.38. The van der Waals surface area contributed by atoms with E-state index in [9.17, 15) is 18.0 Å². The monoisotopic (exact) mass is 1530 g/mol. The SMILES string of the molecule is C.C1CCC2(CC1)CCNCC2.Clc1cccc(Sc2cnc(N3CCC4(CCCCC4)CC3)n3ccnc23)c1Cl.Clc1cccc(Sc2cnc(N3CCC4(CCCCC4)CC3)n3ccnc23)c1Cl.N#N.O=CC(F)(F)F.O=c1[nH]cc(Sc2cccc(Cl)c2Cl)c2nccn12.[2H]CC. The maximum absolute atomic E-state index is 11.6. The summed E-state index contributed by atoms with van der Waals surface area (Å²) < 4.78 is 43.1. The minimum atomic E-state index is -4.64. The third-order valence-electron chi connectivity index (χ3n) is 19.3. The van der Waals surface area contributed by atoms with Gasteiger partial charge >= 0.3 is 11.9 Å². The molecule has 0 radical (unpaired) electrons. The summed E-state index contributed by atoms with van der Waals surface area (Å²) in [7, 11) is 0. The highest BCUT2D eigenvalue weighted by molar-refractivity contribution is 8.00. The van der Waals surface area contributed by atoms with E-state index in [4.69, 9.17) is 96.5 Å². The number of nitrogens with zero attached hydrogens (tertiary/aromatic N) is 12. The molecule has 3 aliphatic heterocycles. The van der Waals surface area contributed by atoms with Crippen LogP contribution in [0.3, 0.4) is 0 Å². The Bertz CT molecular complexity index is 3970. The average molecular weight is 1530 g/mol. The first kappa shape index (κ1) is 77.7. The molecule has 3 saturated heterocycles.